The predicted octanol–water partition coefficient (Wildman–Crippen LogP) is 3.58. The van der Waals surface area contributed by atoms with Gasteiger partial charge >= 0.3 is 0 Å². The molecule has 1 amide bonds. The highest BCUT2D eigenvalue weighted by Crippen LogP contribution is 2.43. The lowest BCUT2D eigenvalue weighted by Crippen LogP contribution is -2.45. The second-order valence-corrected chi connectivity index (χ2v) is 7.63. The van der Waals surface area contributed by atoms with E-state index in [-0.39, 0.29) is 16.9 Å². The molecule has 1 fully saturated rings. The van der Waals surface area contributed by atoms with Crippen molar-refractivity contribution in [3.63, 3.8) is 0 Å². The number of fused-ring (bicyclic) bond motifs is 1. The maximum atomic E-state index is 12.8. The van der Waals surface area contributed by atoms with Crippen LogP contribution in [0.4, 0.5) is 0 Å². The van der Waals surface area contributed by atoms with E-state index in [0.717, 1.165) is 18.4 Å². The molecular weight excluding hydrogens is 350 g/mol. The maximum Gasteiger partial charge on any atom is 0.272 e. The molecule has 1 aromatic heterocycles. The fourth-order valence-corrected chi connectivity index (χ4v) is 4.14. The summed E-state index contributed by atoms with van der Waals surface area (Å²) >= 11 is 0. The molecule has 1 heterocycles. The predicted molar refractivity (Wildman–Crippen MR) is 111 cm³/mol. The molecule has 0 spiro atoms. The summed E-state index contributed by atoms with van der Waals surface area (Å²) in [7, 11) is 0. The standard InChI is InChI=1S/C23H25N3O2/c1-3-26-20-11-10-17(14-19(20)25-16(2)22(26)28)21(27)24-15-23(12-7-13-23)18-8-5-4-6-9-18/h4-6,8-11,14H,3,7,12-13,15H2,1-2H3,(H,24,27). The monoisotopic (exact) mass is 375 g/mol. The molecule has 5 nitrogen and oxygen atoms in total. The Morgan fingerprint density at radius 2 is 1.93 bits per heavy atom. The van der Waals surface area contributed by atoms with E-state index >= 15 is 0 Å². The zero-order valence-corrected chi connectivity index (χ0v) is 16.4. The summed E-state index contributed by atoms with van der Waals surface area (Å²) in [5, 5.41) is 3.12. The van der Waals surface area contributed by atoms with Crippen molar-refractivity contribution >= 4 is 16.9 Å². The number of carbonyl (C=O) groups is 1. The van der Waals surface area contributed by atoms with Crippen molar-refractivity contribution < 1.29 is 4.79 Å². The van der Waals surface area contributed by atoms with Gasteiger partial charge in [0, 0.05) is 24.1 Å². The summed E-state index contributed by atoms with van der Waals surface area (Å²) < 4.78 is 1.69. The first-order valence-corrected chi connectivity index (χ1v) is 9.89. The van der Waals surface area contributed by atoms with Gasteiger partial charge in [0.25, 0.3) is 11.5 Å². The first kappa shape index (κ1) is 18.4. The van der Waals surface area contributed by atoms with Crippen LogP contribution in [0, 0.1) is 6.92 Å². The number of rotatable bonds is 5. The molecule has 1 N–H and O–H groups in total. The minimum atomic E-state index is -0.0993. The minimum absolute atomic E-state index is 0.0469. The summed E-state index contributed by atoms with van der Waals surface area (Å²) in [4.78, 5) is 29.4. The molecule has 3 aromatic rings. The van der Waals surface area contributed by atoms with E-state index in [1.54, 1.807) is 23.6 Å². The molecule has 0 radical (unpaired) electrons. The molecular formula is C23H25N3O2. The van der Waals surface area contributed by atoms with Crippen LogP contribution in [-0.2, 0) is 12.0 Å². The highest BCUT2D eigenvalue weighted by Gasteiger charge is 2.38. The number of nitrogens with zero attached hydrogens (tertiary/aromatic N) is 2. The van der Waals surface area contributed by atoms with E-state index < -0.39 is 0 Å². The van der Waals surface area contributed by atoms with E-state index in [1.807, 2.05) is 19.1 Å². The summed E-state index contributed by atoms with van der Waals surface area (Å²) in [6, 6.07) is 15.8. The normalized spacial score (nSPS) is 15.2. The Hall–Kier alpha value is -2.95. The zero-order valence-electron chi connectivity index (χ0n) is 16.4. The van der Waals surface area contributed by atoms with Crippen LogP contribution in [0.2, 0.25) is 0 Å². The topological polar surface area (TPSA) is 64.0 Å². The SMILES string of the molecule is CCn1c(=O)c(C)nc2cc(C(=O)NCC3(c4ccccc4)CCC3)ccc21. The van der Waals surface area contributed by atoms with Gasteiger partial charge in [0.1, 0.15) is 5.69 Å². The van der Waals surface area contributed by atoms with Gasteiger partial charge in [0.05, 0.1) is 11.0 Å². The van der Waals surface area contributed by atoms with Crippen molar-refractivity contribution in [2.45, 2.75) is 45.1 Å². The van der Waals surface area contributed by atoms with Gasteiger partial charge in [0.2, 0.25) is 0 Å². The van der Waals surface area contributed by atoms with E-state index in [0.29, 0.717) is 29.9 Å². The Kier molecular flexibility index (Phi) is 4.75. The lowest BCUT2D eigenvalue weighted by atomic mass is 9.64. The molecule has 1 aliphatic rings. The zero-order chi connectivity index (χ0) is 19.7. The van der Waals surface area contributed by atoms with Crippen LogP contribution in [0.1, 0.15) is 47.8 Å². The van der Waals surface area contributed by atoms with E-state index in [9.17, 15) is 9.59 Å². The van der Waals surface area contributed by atoms with Crippen molar-refractivity contribution in [1.82, 2.24) is 14.9 Å². The second-order valence-electron chi connectivity index (χ2n) is 7.63. The van der Waals surface area contributed by atoms with Gasteiger partial charge in [0.15, 0.2) is 0 Å². The summed E-state index contributed by atoms with van der Waals surface area (Å²) in [6.45, 7) is 4.85. The molecule has 1 saturated carbocycles. The Morgan fingerprint density at radius 3 is 2.57 bits per heavy atom. The Balaban J connectivity index is 1.58. The van der Waals surface area contributed by atoms with Crippen LogP contribution in [0.15, 0.2) is 53.3 Å². The van der Waals surface area contributed by atoms with Crippen LogP contribution in [-0.4, -0.2) is 22.0 Å². The maximum absolute atomic E-state index is 12.8. The quantitative estimate of drug-likeness (QED) is 0.741. The van der Waals surface area contributed by atoms with Gasteiger partial charge in [-0.05, 0) is 50.5 Å². The van der Waals surface area contributed by atoms with Crippen molar-refractivity contribution in [3.8, 4) is 0 Å². The van der Waals surface area contributed by atoms with Crippen LogP contribution >= 0.6 is 0 Å². The molecule has 28 heavy (non-hydrogen) atoms. The van der Waals surface area contributed by atoms with Crippen LogP contribution in [0.3, 0.4) is 0 Å². The number of carbonyl (C=O) groups excluding carboxylic acids is 1. The molecule has 0 saturated heterocycles. The van der Waals surface area contributed by atoms with E-state index in [4.69, 9.17) is 0 Å². The van der Waals surface area contributed by atoms with Gasteiger partial charge in [-0.3, -0.25) is 9.59 Å². The Bertz CT molecular complexity index is 1080. The molecule has 144 valence electrons. The average Bonchev–Trinajstić information content (AvgIpc) is 2.68. The third-order valence-corrected chi connectivity index (χ3v) is 5.97. The first-order chi connectivity index (χ1) is 13.5. The molecule has 0 unspecified atom stereocenters. The van der Waals surface area contributed by atoms with Gasteiger partial charge in [-0.1, -0.05) is 36.8 Å². The fraction of sp³-hybridized carbons (Fsp3) is 0.348. The third kappa shape index (κ3) is 3.11. The number of aryl methyl sites for hydroxylation is 2. The van der Waals surface area contributed by atoms with Gasteiger partial charge in [-0.25, -0.2) is 4.98 Å². The number of nitrogens with one attached hydrogen (secondary N) is 1. The first-order valence-electron chi connectivity index (χ1n) is 9.89. The fourth-order valence-electron chi connectivity index (χ4n) is 4.14. The molecule has 0 atom stereocenters. The van der Waals surface area contributed by atoms with Crippen molar-refractivity contribution in [2.24, 2.45) is 0 Å². The van der Waals surface area contributed by atoms with Crippen molar-refractivity contribution in [1.29, 1.82) is 0 Å². The highest BCUT2D eigenvalue weighted by molar-refractivity contribution is 5.97. The largest absolute Gasteiger partial charge is 0.351 e. The molecule has 5 heteroatoms. The Morgan fingerprint density at radius 1 is 1.18 bits per heavy atom. The number of hydrogen-bond acceptors (Lipinski definition) is 3. The second kappa shape index (κ2) is 7.23. The summed E-state index contributed by atoms with van der Waals surface area (Å²) in [6.07, 6.45) is 3.38. The average molecular weight is 375 g/mol. The minimum Gasteiger partial charge on any atom is -0.351 e. The number of amides is 1. The van der Waals surface area contributed by atoms with Crippen molar-refractivity contribution in [3.05, 3.63) is 75.7 Å². The lowest BCUT2D eigenvalue weighted by Gasteiger charge is -2.42. The van der Waals surface area contributed by atoms with Crippen LogP contribution in [0.5, 0.6) is 0 Å². The van der Waals surface area contributed by atoms with Gasteiger partial charge in [-0.15, -0.1) is 0 Å². The van der Waals surface area contributed by atoms with E-state index in [2.05, 4.69) is 34.6 Å². The molecule has 0 bridgehead atoms. The molecule has 1 aliphatic carbocycles. The Labute approximate surface area is 164 Å². The molecule has 2 aromatic carbocycles. The van der Waals surface area contributed by atoms with Gasteiger partial charge < -0.3 is 9.88 Å². The van der Waals surface area contributed by atoms with Crippen LogP contribution < -0.4 is 10.9 Å². The lowest BCUT2D eigenvalue weighted by molar-refractivity contribution is 0.0928. The third-order valence-electron chi connectivity index (χ3n) is 5.97. The van der Waals surface area contributed by atoms with Crippen molar-refractivity contribution in [2.75, 3.05) is 6.54 Å². The highest BCUT2D eigenvalue weighted by atomic mass is 16.1. The molecule has 4 rings (SSSR count). The number of hydrogen-bond donors (Lipinski definition) is 1. The smallest absolute Gasteiger partial charge is 0.272 e. The molecule has 0 aliphatic heterocycles. The van der Waals surface area contributed by atoms with Gasteiger partial charge in [-0.2, -0.15) is 0 Å². The van der Waals surface area contributed by atoms with E-state index in [1.165, 1.54) is 12.0 Å². The summed E-state index contributed by atoms with van der Waals surface area (Å²) in [5.41, 5.74) is 3.71. The summed E-state index contributed by atoms with van der Waals surface area (Å²) in [5.74, 6) is -0.0993. The number of aromatic nitrogens is 2. The number of benzene rings is 2. The van der Waals surface area contributed by atoms with Crippen LogP contribution in [0.25, 0.3) is 11.0 Å².